The molecule has 0 aliphatic carbocycles. The van der Waals surface area contributed by atoms with E-state index >= 15 is 0 Å². The molecular formula is C11H21N3O2S. The summed E-state index contributed by atoms with van der Waals surface area (Å²) in [4.78, 5) is 12.0. The highest BCUT2D eigenvalue weighted by molar-refractivity contribution is 7.99. The molecule has 1 saturated heterocycles. The van der Waals surface area contributed by atoms with Crippen LogP contribution in [0.15, 0.2) is 5.16 Å². The molecule has 0 radical (unpaired) electrons. The Morgan fingerprint density at radius 2 is 2.35 bits per heavy atom. The molecule has 1 rings (SSSR count). The molecule has 0 spiro atoms. The van der Waals surface area contributed by atoms with E-state index in [1.807, 2.05) is 25.6 Å². The SMILES string of the molecule is CC(C)C(C(=O)NCC1CCSC1)C(N)=NO. The molecule has 1 aliphatic rings. The van der Waals surface area contributed by atoms with Crippen LogP contribution in [0.2, 0.25) is 0 Å². The normalized spacial score (nSPS) is 22.8. The lowest BCUT2D eigenvalue weighted by Gasteiger charge is -2.19. The third kappa shape index (κ3) is 4.11. The number of rotatable bonds is 5. The zero-order valence-electron chi connectivity index (χ0n) is 10.3. The van der Waals surface area contributed by atoms with E-state index in [4.69, 9.17) is 10.9 Å². The third-order valence-electron chi connectivity index (χ3n) is 2.97. The summed E-state index contributed by atoms with van der Waals surface area (Å²) < 4.78 is 0. The van der Waals surface area contributed by atoms with E-state index in [9.17, 15) is 4.79 Å². The minimum absolute atomic E-state index is 0.0155. The standard InChI is InChI=1S/C11H21N3O2S/c1-7(2)9(10(12)14-16)11(15)13-5-8-3-4-17-6-8/h7-9,16H,3-6H2,1-2H3,(H2,12,14)(H,13,15). The van der Waals surface area contributed by atoms with E-state index in [2.05, 4.69) is 10.5 Å². The summed E-state index contributed by atoms with van der Waals surface area (Å²) in [6, 6.07) is 0. The fourth-order valence-electron chi connectivity index (χ4n) is 1.94. The Hall–Kier alpha value is -0.910. The summed E-state index contributed by atoms with van der Waals surface area (Å²) in [7, 11) is 0. The van der Waals surface area contributed by atoms with E-state index in [-0.39, 0.29) is 17.7 Å². The van der Waals surface area contributed by atoms with Gasteiger partial charge >= 0.3 is 0 Å². The molecule has 2 atom stereocenters. The van der Waals surface area contributed by atoms with Crippen LogP contribution in [0, 0.1) is 17.8 Å². The number of oxime groups is 1. The molecule has 6 heteroatoms. The lowest BCUT2D eigenvalue weighted by Crippen LogP contribution is -2.43. The summed E-state index contributed by atoms with van der Waals surface area (Å²) in [6.45, 7) is 4.45. The van der Waals surface area contributed by atoms with Crippen molar-refractivity contribution in [3.8, 4) is 0 Å². The monoisotopic (exact) mass is 259 g/mol. The molecule has 1 amide bonds. The van der Waals surface area contributed by atoms with Crippen molar-refractivity contribution >= 4 is 23.5 Å². The second kappa shape index (κ2) is 6.74. The van der Waals surface area contributed by atoms with Gasteiger partial charge in [0.1, 0.15) is 5.92 Å². The van der Waals surface area contributed by atoms with E-state index < -0.39 is 5.92 Å². The summed E-state index contributed by atoms with van der Waals surface area (Å²) in [6.07, 6.45) is 1.15. The molecule has 0 bridgehead atoms. The van der Waals surface area contributed by atoms with Gasteiger partial charge in [0.25, 0.3) is 0 Å². The van der Waals surface area contributed by atoms with Crippen molar-refractivity contribution in [3.63, 3.8) is 0 Å². The molecule has 0 aromatic rings. The second-order valence-corrected chi connectivity index (χ2v) is 5.87. The van der Waals surface area contributed by atoms with Gasteiger partial charge < -0.3 is 16.3 Å². The molecule has 98 valence electrons. The minimum Gasteiger partial charge on any atom is -0.409 e. The average molecular weight is 259 g/mol. The summed E-state index contributed by atoms with van der Waals surface area (Å²) in [5, 5.41) is 14.5. The van der Waals surface area contributed by atoms with Crippen molar-refractivity contribution in [2.75, 3.05) is 18.1 Å². The molecule has 2 unspecified atom stereocenters. The van der Waals surface area contributed by atoms with Crippen molar-refractivity contribution in [2.45, 2.75) is 20.3 Å². The molecule has 0 aromatic heterocycles. The first-order valence-corrected chi connectivity index (χ1v) is 7.04. The number of carbonyl (C=O) groups is 1. The number of hydrogen-bond acceptors (Lipinski definition) is 4. The van der Waals surface area contributed by atoms with Gasteiger partial charge in [-0.25, -0.2) is 0 Å². The largest absolute Gasteiger partial charge is 0.409 e. The van der Waals surface area contributed by atoms with Crippen LogP contribution in [0.3, 0.4) is 0 Å². The average Bonchev–Trinajstić information content (AvgIpc) is 2.78. The molecule has 1 fully saturated rings. The van der Waals surface area contributed by atoms with Gasteiger partial charge in [-0.05, 0) is 29.8 Å². The number of amidine groups is 1. The van der Waals surface area contributed by atoms with Crippen LogP contribution < -0.4 is 11.1 Å². The Kier molecular flexibility index (Phi) is 5.61. The molecular weight excluding hydrogens is 238 g/mol. The van der Waals surface area contributed by atoms with Crippen LogP contribution in [-0.4, -0.2) is 35.0 Å². The van der Waals surface area contributed by atoms with Gasteiger partial charge in [0.05, 0.1) is 0 Å². The van der Waals surface area contributed by atoms with Gasteiger partial charge in [-0.2, -0.15) is 11.8 Å². The van der Waals surface area contributed by atoms with Crippen molar-refractivity contribution in [3.05, 3.63) is 0 Å². The maximum Gasteiger partial charge on any atom is 0.231 e. The van der Waals surface area contributed by atoms with Crippen molar-refractivity contribution in [1.29, 1.82) is 0 Å². The molecule has 0 aromatic carbocycles. The predicted octanol–water partition coefficient (Wildman–Crippen LogP) is 0.874. The van der Waals surface area contributed by atoms with Crippen molar-refractivity contribution in [1.82, 2.24) is 5.32 Å². The van der Waals surface area contributed by atoms with Gasteiger partial charge in [0, 0.05) is 6.54 Å². The van der Waals surface area contributed by atoms with Crippen LogP contribution in [0.4, 0.5) is 0 Å². The lowest BCUT2D eigenvalue weighted by atomic mass is 9.93. The zero-order valence-corrected chi connectivity index (χ0v) is 11.2. The van der Waals surface area contributed by atoms with E-state index in [0.717, 1.165) is 12.2 Å². The van der Waals surface area contributed by atoms with Crippen LogP contribution in [0.1, 0.15) is 20.3 Å². The summed E-state index contributed by atoms with van der Waals surface area (Å²) >= 11 is 1.92. The summed E-state index contributed by atoms with van der Waals surface area (Å²) in [5.41, 5.74) is 5.54. The Labute approximate surface area is 106 Å². The molecule has 1 aliphatic heterocycles. The Bertz CT molecular complexity index is 288. The molecule has 5 nitrogen and oxygen atoms in total. The van der Waals surface area contributed by atoms with Gasteiger partial charge in [-0.1, -0.05) is 19.0 Å². The number of nitrogens with zero attached hydrogens (tertiary/aromatic N) is 1. The lowest BCUT2D eigenvalue weighted by molar-refractivity contribution is -0.124. The molecule has 1 heterocycles. The highest BCUT2D eigenvalue weighted by atomic mass is 32.2. The van der Waals surface area contributed by atoms with Gasteiger partial charge in [0.2, 0.25) is 5.91 Å². The van der Waals surface area contributed by atoms with E-state index in [1.54, 1.807) is 0 Å². The number of nitrogens with two attached hydrogens (primary N) is 1. The van der Waals surface area contributed by atoms with E-state index in [1.165, 1.54) is 5.75 Å². The Morgan fingerprint density at radius 3 is 2.82 bits per heavy atom. The number of nitrogens with one attached hydrogen (secondary N) is 1. The topological polar surface area (TPSA) is 87.7 Å². The quantitative estimate of drug-likeness (QED) is 0.296. The van der Waals surface area contributed by atoms with Crippen molar-refractivity contribution < 1.29 is 10.0 Å². The maximum atomic E-state index is 12.0. The number of thioether (sulfide) groups is 1. The maximum absolute atomic E-state index is 12.0. The predicted molar refractivity (Wildman–Crippen MR) is 70.2 cm³/mol. The Morgan fingerprint density at radius 1 is 1.65 bits per heavy atom. The smallest absolute Gasteiger partial charge is 0.231 e. The summed E-state index contributed by atoms with van der Waals surface area (Å²) in [5.74, 6) is 2.15. The second-order valence-electron chi connectivity index (χ2n) is 4.72. The van der Waals surface area contributed by atoms with Crippen LogP contribution in [0.25, 0.3) is 0 Å². The first-order chi connectivity index (χ1) is 8.06. The van der Waals surface area contributed by atoms with Gasteiger partial charge in [-0.3, -0.25) is 4.79 Å². The van der Waals surface area contributed by atoms with E-state index in [0.29, 0.717) is 12.5 Å². The Balaban J connectivity index is 2.47. The van der Waals surface area contributed by atoms with Gasteiger partial charge in [-0.15, -0.1) is 0 Å². The molecule has 4 N–H and O–H groups in total. The van der Waals surface area contributed by atoms with Crippen LogP contribution >= 0.6 is 11.8 Å². The van der Waals surface area contributed by atoms with Crippen LogP contribution in [-0.2, 0) is 4.79 Å². The van der Waals surface area contributed by atoms with Gasteiger partial charge in [0.15, 0.2) is 5.84 Å². The van der Waals surface area contributed by atoms with Crippen molar-refractivity contribution in [2.24, 2.45) is 28.6 Å². The number of hydrogen-bond donors (Lipinski definition) is 3. The number of carbonyl (C=O) groups excluding carboxylic acids is 1. The molecule has 17 heavy (non-hydrogen) atoms. The first kappa shape index (κ1) is 14.2. The fourth-order valence-corrected chi connectivity index (χ4v) is 3.22. The highest BCUT2D eigenvalue weighted by Crippen LogP contribution is 2.22. The highest BCUT2D eigenvalue weighted by Gasteiger charge is 2.27. The van der Waals surface area contributed by atoms with Crippen LogP contribution in [0.5, 0.6) is 0 Å². The fraction of sp³-hybridized carbons (Fsp3) is 0.818. The minimum atomic E-state index is -0.547. The molecule has 0 saturated carbocycles. The third-order valence-corrected chi connectivity index (χ3v) is 4.20. The number of amides is 1. The first-order valence-electron chi connectivity index (χ1n) is 5.89. The zero-order chi connectivity index (χ0) is 12.8.